The number of ether oxygens (including phenoxy) is 2. The van der Waals surface area contributed by atoms with Crippen LogP contribution in [0.3, 0.4) is 0 Å². The van der Waals surface area contributed by atoms with Crippen LogP contribution in [0.2, 0.25) is 0 Å². The van der Waals surface area contributed by atoms with Gasteiger partial charge in [0, 0.05) is 37.9 Å². The minimum atomic E-state index is -0.810. The summed E-state index contributed by atoms with van der Waals surface area (Å²) in [6.07, 6.45) is 6.04. The number of rotatable bonds is 19. The van der Waals surface area contributed by atoms with Gasteiger partial charge in [0.2, 0.25) is 11.8 Å². The lowest BCUT2D eigenvalue weighted by Gasteiger charge is -2.38. The normalized spacial score (nSPS) is 19.5. The van der Waals surface area contributed by atoms with Crippen LogP contribution in [0.15, 0.2) is 35.7 Å². The van der Waals surface area contributed by atoms with Gasteiger partial charge in [-0.25, -0.2) is 4.98 Å². The zero-order chi connectivity index (χ0) is 39.5. The molecule has 2 N–H and O–H groups in total. The Morgan fingerprint density at radius 1 is 1.00 bits per heavy atom. The second-order valence-electron chi connectivity index (χ2n) is 15.7. The van der Waals surface area contributed by atoms with Crippen molar-refractivity contribution in [1.82, 2.24) is 25.4 Å². The molecule has 3 amide bonds. The summed E-state index contributed by atoms with van der Waals surface area (Å²) in [7, 11) is 5.07. The van der Waals surface area contributed by atoms with E-state index in [4.69, 9.17) is 9.47 Å². The average molecular weight is 768 g/mol. The molecule has 13 heteroatoms. The molecular formula is C41H61N5O7S. The van der Waals surface area contributed by atoms with Crippen LogP contribution in [0.25, 0.3) is 0 Å². The molecule has 0 unspecified atom stereocenters. The number of amides is 3. The number of methoxy groups -OCH3 is 1. The Morgan fingerprint density at radius 2 is 1.70 bits per heavy atom. The van der Waals surface area contributed by atoms with Gasteiger partial charge in [-0.2, -0.15) is 0 Å². The fourth-order valence-electron chi connectivity index (χ4n) is 7.61. The number of carbonyl (C=O) groups is 5. The second kappa shape index (κ2) is 20.2. The third-order valence-electron chi connectivity index (χ3n) is 11.1. The summed E-state index contributed by atoms with van der Waals surface area (Å²) in [6, 6.07) is 8.32. The van der Waals surface area contributed by atoms with Gasteiger partial charge in [-0.1, -0.05) is 64.4 Å². The smallest absolute Gasteiger partial charge is 0.308 e. The van der Waals surface area contributed by atoms with Crippen molar-refractivity contribution in [1.29, 1.82) is 0 Å². The number of likely N-dealkylation sites (N-methyl/N-ethyl adjacent to an activating group) is 2. The van der Waals surface area contributed by atoms with Gasteiger partial charge in [0.15, 0.2) is 6.10 Å². The highest BCUT2D eigenvalue weighted by atomic mass is 32.1. The van der Waals surface area contributed by atoms with Crippen molar-refractivity contribution in [2.45, 2.75) is 123 Å². The van der Waals surface area contributed by atoms with Crippen LogP contribution in [-0.4, -0.2) is 96.4 Å². The third-order valence-corrected chi connectivity index (χ3v) is 12.1. The Bertz CT molecular complexity index is 1560. The number of hydrogen-bond acceptors (Lipinski definition) is 10. The highest BCUT2D eigenvalue weighted by Crippen LogP contribution is 2.39. The summed E-state index contributed by atoms with van der Waals surface area (Å²) >= 11 is 1.22. The molecule has 1 aliphatic carbocycles. The maximum atomic E-state index is 14.4. The van der Waals surface area contributed by atoms with Crippen molar-refractivity contribution in [3.8, 4) is 0 Å². The number of hydrogen-bond donors (Lipinski definition) is 2. The molecule has 1 saturated heterocycles. The van der Waals surface area contributed by atoms with Crippen LogP contribution in [0.4, 0.5) is 0 Å². The van der Waals surface area contributed by atoms with E-state index in [1.165, 1.54) is 25.4 Å². The Kier molecular flexibility index (Phi) is 16.0. The Balaban J connectivity index is 1.50. The van der Waals surface area contributed by atoms with E-state index in [0.29, 0.717) is 30.2 Å². The highest BCUT2D eigenvalue weighted by Gasteiger charge is 2.42. The largest absolute Gasteiger partial charge is 0.469 e. The van der Waals surface area contributed by atoms with Crippen LogP contribution in [0.1, 0.15) is 113 Å². The van der Waals surface area contributed by atoms with Gasteiger partial charge in [0.05, 0.1) is 19.1 Å². The van der Waals surface area contributed by atoms with Crippen molar-refractivity contribution in [2.24, 2.45) is 23.7 Å². The SMILES string of the molecule is COC(=O)[C@@H](C)C[C@H](CCc1ccccc1)NC(=O)c1csc([C@@H](C[C@H](C(C)C)N(C)C(=O)[C@@H](NC(=O)[C@H]2CCCCN2C)[C@@H](C)C2CC2)OC(C)=O)n1. The number of esters is 2. The summed E-state index contributed by atoms with van der Waals surface area (Å²) in [6.45, 7) is 10.0. The van der Waals surface area contributed by atoms with E-state index in [9.17, 15) is 24.0 Å². The van der Waals surface area contributed by atoms with E-state index in [1.54, 1.807) is 24.3 Å². The number of nitrogens with one attached hydrogen (secondary N) is 2. The number of carbonyl (C=O) groups excluding carboxylic acids is 5. The fraction of sp³-hybridized carbons (Fsp3) is 0.659. The number of thiazole rings is 1. The number of nitrogens with zero attached hydrogens (tertiary/aromatic N) is 3. The molecule has 2 aliphatic rings. The highest BCUT2D eigenvalue weighted by molar-refractivity contribution is 7.09. The first-order chi connectivity index (χ1) is 25.7. The maximum Gasteiger partial charge on any atom is 0.308 e. The minimum absolute atomic E-state index is 0.0259. The van der Waals surface area contributed by atoms with E-state index < -0.39 is 29.9 Å². The second-order valence-corrected chi connectivity index (χ2v) is 16.6. The number of aromatic nitrogens is 1. The molecule has 2 aromatic rings. The van der Waals surface area contributed by atoms with E-state index >= 15 is 0 Å². The average Bonchev–Trinajstić information content (AvgIpc) is 3.89. The minimum Gasteiger partial charge on any atom is -0.469 e. The fourth-order valence-corrected chi connectivity index (χ4v) is 8.44. The van der Waals surface area contributed by atoms with Gasteiger partial charge in [0.25, 0.3) is 5.91 Å². The Hall–Kier alpha value is -3.84. The predicted octanol–water partition coefficient (Wildman–Crippen LogP) is 5.57. The molecule has 0 bridgehead atoms. The van der Waals surface area contributed by atoms with Crippen molar-refractivity contribution in [3.05, 3.63) is 52.0 Å². The van der Waals surface area contributed by atoms with E-state index in [1.807, 2.05) is 51.2 Å². The molecule has 1 aliphatic heterocycles. The maximum absolute atomic E-state index is 14.4. The van der Waals surface area contributed by atoms with Gasteiger partial charge < -0.3 is 25.0 Å². The molecule has 2 fully saturated rings. The number of benzene rings is 1. The number of aryl methyl sites for hydroxylation is 1. The van der Waals surface area contributed by atoms with Gasteiger partial charge in [-0.15, -0.1) is 11.3 Å². The first kappa shape index (κ1) is 42.9. The molecular weight excluding hydrogens is 707 g/mol. The first-order valence-corrected chi connectivity index (χ1v) is 20.4. The molecule has 1 saturated carbocycles. The van der Waals surface area contributed by atoms with Crippen LogP contribution < -0.4 is 10.6 Å². The topological polar surface area (TPSA) is 147 Å². The van der Waals surface area contributed by atoms with Crippen LogP contribution in [-0.2, 0) is 35.1 Å². The first-order valence-electron chi connectivity index (χ1n) is 19.5. The quantitative estimate of drug-likeness (QED) is 0.175. The van der Waals surface area contributed by atoms with Crippen LogP contribution in [0, 0.1) is 23.7 Å². The summed E-state index contributed by atoms with van der Waals surface area (Å²) in [5.41, 5.74) is 1.31. The molecule has 4 rings (SSSR count). The van der Waals surface area contributed by atoms with Gasteiger partial charge in [-0.05, 0) is 81.9 Å². The molecule has 2 heterocycles. The van der Waals surface area contributed by atoms with E-state index in [0.717, 1.165) is 44.2 Å². The molecule has 54 heavy (non-hydrogen) atoms. The third kappa shape index (κ3) is 12.1. The zero-order valence-electron chi connectivity index (χ0n) is 33.3. The van der Waals surface area contributed by atoms with Crippen LogP contribution in [0.5, 0.6) is 0 Å². The van der Waals surface area contributed by atoms with Gasteiger partial charge >= 0.3 is 11.9 Å². The van der Waals surface area contributed by atoms with Crippen molar-refractivity contribution in [2.75, 3.05) is 27.7 Å². The summed E-state index contributed by atoms with van der Waals surface area (Å²) in [4.78, 5) is 74.7. The molecule has 298 valence electrons. The van der Waals surface area contributed by atoms with E-state index in [2.05, 4.69) is 27.4 Å². The zero-order valence-corrected chi connectivity index (χ0v) is 34.2. The van der Waals surface area contributed by atoms with Crippen LogP contribution >= 0.6 is 11.3 Å². The standard InChI is InChI=1S/C41H61N5O7S/c1-25(2)34(46(7)40(50)36(27(4)30-18-19-30)44-38(49)33-16-12-13-21-45(33)6)23-35(53-28(5)47)39-43-32(24-54-39)37(48)42-31(22-26(3)41(51)52-8)20-17-29-14-10-9-11-15-29/h9-11,14-15,24-27,30-31,33-36H,12-13,16-23H2,1-8H3,(H,42,48)(H,44,49)/t26-,27-,31-,33+,34+,35+,36-/m0/s1. The van der Waals surface area contributed by atoms with Gasteiger partial charge in [0.1, 0.15) is 16.7 Å². The van der Waals surface area contributed by atoms with Crippen molar-refractivity contribution < 1.29 is 33.4 Å². The molecule has 1 aromatic carbocycles. The lowest BCUT2D eigenvalue weighted by molar-refractivity contribution is -0.149. The predicted molar refractivity (Wildman–Crippen MR) is 209 cm³/mol. The summed E-state index contributed by atoms with van der Waals surface area (Å²) < 4.78 is 10.8. The lowest BCUT2D eigenvalue weighted by Crippen LogP contribution is -2.58. The Morgan fingerprint density at radius 3 is 2.31 bits per heavy atom. The molecule has 7 atom stereocenters. The lowest BCUT2D eigenvalue weighted by atomic mass is 9.91. The van der Waals surface area contributed by atoms with Gasteiger partial charge in [-0.3, -0.25) is 28.9 Å². The monoisotopic (exact) mass is 767 g/mol. The van der Waals surface area contributed by atoms with Crippen molar-refractivity contribution in [3.63, 3.8) is 0 Å². The molecule has 0 spiro atoms. The summed E-state index contributed by atoms with van der Waals surface area (Å²) in [5.74, 6) is -1.60. The number of piperidine rings is 1. The molecule has 0 radical (unpaired) electrons. The molecule has 1 aromatic heterocycles. The Labute approximate surface area is 325 Å². The van der Waals surface area contributed by atoms with E-state index in [-0.39, 0.29) is 59.9 Å². The van der Waals surface area contributed by atoms with Crippen molar-refractivity contribution >= 4 is 41.0 Å². The molecule has 12 nitrogen and oxygen atoms in total. The summed E-state index contributed by atoms with van der Waals surface area (Å²) in [5, 5.41) is 8.33. The number of likely N-dealkylation sites (tertiary alicyclic amines) is 1.